The van der Waals surface area contributed by atoms with Crippen LogP contribution in [0.5, 0.6) is 0 Å². The van der Waals surface area contributed by atoms with Crippen molar-refractivity contribution in [3.05, 3.63) is 46.1 Å². The second-order valence-electron chi connectivity index (χ2n) is 5.88. The molecule has 0 spiro atoms. The summed E-state index contributed by atoms with van der Waals surface area (Å²) >= 11 is 1.05. The molecule has 1 aliphatic rings. The van der Waals surface area contributed by atoms with Gasteiger partial charge in [0, 0.05) is 36.9 Å². The molecule has 0 aromatic carbocycles. The number of aromatic carboxylic acids is 1. The molecule has 0 aliphatic carbocycles. The molecule has 0 saturated heterocycles. The highest BCUT2D eigenvalue weighted by Crippen LogP contribution is 2.37. The van der Waals surface area contributed by atoms with Crippen molar-refractivity contribution in [1.82, 2.24) is 14.6 Å². The first-order chi connectivity index (χ1) is 11.8. The highest BCUT2D eigenvalue weighted by atomic mass is 32.2. The molecule has 25 heavy (non-hydrogen) atoms. The molecule has 0 radical (unpaired) electrons. The van der Waals surface area contributed by atoms with Crippen molar-refractivity contribution in [1.29, 1.82) is 0 Å². The van der Waals surface area contributed by atoms with E-state index in [1.165, 1.54) is 11.4 Å². The van der Waals surface area contributed by atoms with Gasteiger partial charge >= 0.3 is 5.97 Å². The van der Waals surface area contributed by atoms with Gasteiger partial charge in [0.25, 0.3) is 10.0 Å². The number of pyridine rings is 1. The van der Waals surface area contributed by atoms with Gasteiger partial charge in [-0.2, -0.15) is 4.31 Å². The first-order valence-electron chi connectivity index (χ1n) is 7.80. The maximum absolute atomic E-state index is 13.1. The number of hydrogen-bond donors (Lipinski definition) is 2. The Kier molecular flexibility index (Phi) is 4.92. The van der Waals surface area contributed by atoms with Gasteiger partial charge in [0.05, 0.1) is 5.56 Å². The highest BCUT2D eigenvalue weighted by Gasteiger charge is 2.36. The number of nitrogens with one attached hydrogen (secondary N) is 1. The van der Waals surface area contributed by atoms with E-state index in [9.17, 15) is 18.3 Å². The van der Waals surface area contributed by atoms with Crippen molar-refractivity contribution in [2.75, 3.05) is 13.6 Å². The van der Waals surface area contributed by atoms with E-state index in [2.05, 4.69) is 10.3 Å². The number of hydrogen-bond acceptors (Lipinski definition) is 6. The van der Waals surface area contributed by atoms with Crippen LogP contribution >= 0.6 is 11.3 Å². The zero-order valence-corrected chi connectivity index (χ0v) is 15.5. The number of nitrogens with zero attached hydrogens (tertiary/aromatic N) is 2. The van der Waals surface area contributed by atoms with Crippen LogP contribution in [0.2, 0.25) is 0 Å². The number of carboxylic acids is 1. The van der Waals surface area contributed by atoms with Crippen LogP contribution in [0.4, 0.5) is 0 Å². The highest BCUT2D eigenvalue weighted by molar-refractivity contribution is 7.91. The van der Waals surface area contributed by atoms with Crippen molar-refractivity contribution in [2.24, 2.45) is 0 Å². The van der Waals surface area contributed by atoms with Crippen molar-refractivity contribution in [3.8, 4) is 0 Å². The van der Waals surface area contributed by atoms with Gasteiger partial charge in [-0.25, -0.2) is 13.2 Å². The molecule has 134 valence electrons. The SMILES string of the molecule is C[C@@H](c1cccnc1)N(C)S(=O)(=O)c1sc2c(c1C(=O)O)CCNC2. The van der Waals surface area contributed by atoms with Gasteiger partial charge in [0.15, 0.2) is 0 Å². The lowest BCUT2D eigenvalue weighted by Gasteiger charge is -2.24. The van der Waals surface area contributed by atoms with Gasteiger partial charge < -0.3 is 10.4 Å². The summed E-state index contributed by atoms with van der Waals surface area (Å²) in [6, 6.07) is 3.08. The Balaban J connectivity index is 2.05. The molecule has 1 aliphatic heterocycles. The summed E-state index contributed by atoms with van der Waals surface area (Å²) in [5.41, 5.74) is 1.30. The largest absolute Gasteiger partial charge is 0.478 e. The predicted molar refractivity (Wildman–Crippen MR) is 94.3 cm³/mol. The van der Waals surface area contributed by atoms with Crippen LogP contribution in [0.25, 0.3) is 0 Å². The average molecular weight is 381 g/mol. The van der Waals surface area contributed by atoms with Crippen LogP contribution in [0.15, 0.2) is 28.7 Å². The number of fused-ring (bicyclic) bond motifs is 1. The molecule has 2 N–H and O–H groups in total. The second-order valence-corrected chi connectivity index (χ2v) is 9.18. The topological polar surface area (TPSA) is 99.6 Å². The Labute approximate surface area is 150 Å². The maximum Gasteiger partial charge on any atom is 0.338 e. The Morgan fingerprint density at radius 3 is 2.88 bits per heavy atom. The number of carboxylic acid groups (broad SMARTS) is 1. The van der Waals surface area contributed by atoms with E-state index in [1.54, 1.807) is 31.5 Å². The molecule has 0 unspecified atom stereocenters. The second kappa shape index (κ2) is 6.83. The molecule has 7 nitrogen and oxygen atoms in total. The molecule has 0 saturated carbocycles. The normalized spacial score (nSPS) is 15.8. The van der Waals surface area contributed by atoms with Gasteiger partial charge in [-0.05, 0) is 37.1 Å². The monoisotopic (exact) mass is 381 g/mol. The maximum atomic E-state index is 13.1. The minimum absolute atomic E-state index is 0.0771. The number of thiophene rings is 1. The van der Waals surface area contributed by atoms with E-state index in [0.717, 1.165) is 21.8 Å². The number of carbonyl (C=O) groups is 1. The van der Waals surface area contributed by atoms with E-state index < -0.39 is 22.0 Å². The molecule has 1 atom stereocenters. The van der Waals surface area contributed by atoms with E-state index >= 15 is 0 Å². The summed E-state index contributed by atoms with van der Waals surface area (Å²) in [5, 5.41) is 12.8. The lowest BCUT2D eigenvalue weighted by atomic mass is 10.1. The van der Waals surface area contributed by atoms with Crippen LogP contribution in [0, 0.1) is 0 Å². The summed E-state index contributed by atoms with van der Waals surface area (Å²) in [7, 11) is -2.47. The van der Waals surface area contributed by atoms with Crippen molar-refractivity contribution in [3.63, 3.8) is 0 Å². The zero-order valence-electron chi connectivity index (χ0n) is 13.9. The molecule has 0 amide bonds. The summed E-state index contributed by atoms with van der Waals surface area (Å²) in [5.74, 6) is -1.19. The molecule has 9 heteroatoms. The Hall–Kier alpha value is -1.81. The molecule has 3 rings (SSSR count). The van der Waals surface area contributed by atoms with Crippen LogP contribution < -0.4 is 5.32 Å². The summed E-state index contributed by atoms with van der Waals surface area (Å²) in [4.78, 5) is 16.6. The van der Waals surface area contributed by atoms with Gasteiger partial charge in [-0.3, -0.25) is 4.98 Å². The minimum atomic E-state index is -3.94. The Morgan fingerprint density at radius 2 is 2.24 bits per heavy atom. The number of rotatable bonds is 5. The molecular formula is C16H19N3O4S2. The van der Waals surface area contributed by atoms with Crippen LogP contribution in [0.1, 0.15) is 39.3 Å². The summed E-state index contributed by atoms with van der Waals surface area (Å²) in [6.07, 6.45) is 3.75. The predicted octanol–water partition coefficient (Wildman–Crippen LogP) is 1.87. The molecule has 2 aromatic rings. The molecule has 0 fully saturated rings. The van der Waals surface area contributed by atoms with Gasteiger partial charge in [0.1, 0.15) is 4.21 Å². The third-order valence-electron chi connectivity index (χ3n) is 4.44. The Morgan fingerprint density at radius 1 is 1.48 bits per heavy atom. The van der Waals surface area contributed by atoms with E-state index in [1.807, 2.05) is 0 Å². The standard InChI is InChI=1S/C16H19N3O4S2/c1-10(11-4-3-6-17-8-11)19(2)25(22,23)16-14(15(20)21)12-5-7-18-9-13(12)24-16/h3-4,6,8,10,18H,5,7,9H2,1-2H3,(H,20,21)/t10-/m0/s1. The van der Waals surface area contributed by atoms with Gasteiger partial charge in [-0.15, -0.1) is 11.3 Å². The number of aromatic nitrogens is 1. The van der Waals surface area contributed by atoms with Crippen LogP contribution in [-0.4, -0.2) is 42.4 Å². The number of sulfonamides is 1. The third kappa shape index (κ3) is 3.20. The molecule has 0 bridgehead atoms. The van der Waals surface area contributed by atoms with E-state index in [0.29, 0.717) is 25.1 Å². The van der Waals surface area contributed by atoms with Gasteiger partial charge in [0.2, 0.25) is 0 Å². The average Bonchev–Trinajstić information content (AvgIpc) is 3.01. The molecular weight excluding hydrogens is 362 g/mol. The third-order valence-corrected chi connectivity index (χ3v) is 8.09. The first-order valence-corrected chi connectivity index (χ1v) is 10.1. The molecule has 3 heterocycles. The fourth-order valence-corrected chi connectivity index (χ4v) is 6.26. The Bertz CT molecular complexity index is 894. The zero-order chi connectivity index (χ0) is 18.2. The van der Waals surface area contributed by atoms with Crippen LogP contribution in [-0.2, 0) is 23.0 Å². The summed E-state index contributed by atoms with van der Waals surface area (Å²) < 4.78 is 27.4. The fraction of sp³-hybridized carbons (Fsp3) is 0.375. The fourth-order valence-electron chi connectivity index (χ4n) is 2.88. The van der Waals surface area contributed by atoms with E-state index in [4.69, 9.17) is 0 Å². The lowest BCUT2D eigenvalue weighted by Crippen LogP contribution is -2.30. The summed E-state index contributed by atoms with van der Waals surface area (Å²) in [6.45, 7) is 2.90. The van der Waals surface area contributed by atoms with E-state index in [-0.39, 0.29) is 9.77 Å². The lowest BCUT2D eigenvalue weighted by molar-refractivity contribution is 0.0692. The minimum Gasteiger partial charge on any atom is -0.478 e. The smallest absolute Gasteiger partial charge is 0.338 e. The van der Waals surface area contributed by atoms with Crippen molar-refractivity contribution in [2.45, 2.75) is 30.1 Å². The van der Waals surface area contributed by atoms with Crippen molar-refractivity contribution < 1.29 is 18.3 Å². The molecule has 2 aromatic heterocycles. The van der Waals surface area contributed by atoms with Gasteiger partial charge in [-0.1, -0.05) is 6.07 Å². The van der Waals surface area contributed by atoms with Crippen LogP contribution in [0.3, 0.4) is 0 Å². The van der Waals surface area contributed by atoms with Crippen molar-refractivity contribution >= 4 is 27.3 Å². The quantitative estimate of drug-likeness (QED) is 0.820. The first kappa shape index (κ1) is 18.0.